The lowest BCUT2D eigenvalue weighted by Gasteiger charge is -2.17. The third kappa shape index (κ3) is 4.62. The maximum Gasteiger partial charge on any atom is 0.251 e. The Kier molecular flexibility index (Phi) is 5.48. The first-order chi connectivity index (χ1) is 10.9. The molecule has 0 radical (unpaired) electrons. The van der Waals surface area contributed by atoms with E-state index in [1.54, 1.807) is 18.2 Å². The van der Waals surface area contributed by atoms with Crippen molar-refractivity contribution < 1.29 is 13.6 Å². The topological polar surface area (TPSA) is 29.1 Å². The van der Waals surface area contributed by atoms with E-state index in [1.165, 1.54) is 6.07 Å². The lowest BCUT2D eigenvalue weighted by atomic mass is 10.0. The molecule has 2 rings (SSSR count). The molecule has 1 atom stereocenters. The lowest BCUT2D eigenvalue weighted by molar-refractivity contribution is 0.0930. The average Bonchev–Trinajstić information content (AvgIpc) is 2.51. The fraction of sp³-hybridized carbons (Fsp3) is 0.316. The van der Waals surface area contributed by atoms with Crippen LogP contribution in [-0.4, -0.2) is 11.9 Å². The molecule has 0 spiro atoms. The van der Waals surface area contributed by atoms with Crippen molar-refractivity contribution in [1.29, 1.82) is 0 Å². The highest BCUT2D eigenvalue weighted by Crippen LogP contribution is 2.14. The van der Waals surface area contributed by atoms with Crippen molar-refractivity contribution in [3.05, 3.63) is 70.8 Å². The molecule has 2 aromatic carbocycles. The van der Waals surface area contributed by atoms with Gasteiger partial charge in [-0.3, -0.25) is 4.79 Å². The number of amides is 1. The van der Waals surface area contributed by atoms with E-state index in [2.05, 4.69) is 19.2 Å². The number of carbonyl (C=O) groups excluding carboxylic acids is 1. The Hall–Kier alpha value is -2.23. The Morgan fingerprint density at radius 1 is 0.957 bits per heavy atom. The number of nitrogens with one attached hydrogen (secondary N) is 1. The van der Waals surface area contributed by atoms with E-state index in [4.69, 9.17) is 0 Å². The maximum absolute atomic E-state index is 13.2. The smallest absolute Gasteiger partial charge is 0.251 e. The predicted octanol–water partition coefficient (Wildman–Crippen LogP) is 4.33. The van der Waals surface area contributed by atoms with Gasteiger partial charge in [-0.15, -0.1) is 0 Å². The van der Waals surface area contributed by atoms with Gasteiger partial charge in [-0.05, 0) is 54.7 Å². The van der Waals surface area contributed by atoms with Gasteiger partial charge in [0.25, 0.3) is 5.91 Å². The minimum atomic E-state index is -0.847. The third-order valence-electron chi connectivity index (χ3n) is 3.97. The van der Waals surface area contributed by atoms with Crippen LogP contribution in [0.2, 0.25) is 0 Å². The Morgan fingerprint density at radius 2 is 1.57 bits per heavy atom. The van der Waals surface area contributed by atoms with Crippen LogP contribution in [0.15, 0.2) is 42.5 Å². The van der Waals surface area contributed by atoms with E-state index in [9.17, 15) is 13.6 Å². The van der Waals surface area contributed by atoms with E-state index < -0.39 is 11.6 Å². The van der Waals surface area contributed by atoms with Crippen molar-refractivity contribution in [1.82, 2.24) is 5.32 Å². The molecule has 4 heteroatoms. The number of rotatable bonds is 5. The molecule has 0 saturated carbocycles. The number of carbonyl (C=O) groups is 1. The van der Waals surface area contributed by atoms with E-state index in [-0.39, 0.29) is 11.9 Å². The lowest BCUT2D eigenvalue weighted by Crippen LogP contribution is -2.36. The molecule has 122 valence electrons. The average molecular weight is 317 g/mol. The molecule has 1 unspecified atom stereocenters. The van der Waals surface area contributed by atoms with Crippen molar-refractivity contribution in [2.75, 3.05) is 0 Å². The maximum atomic E-state index is 13.2. The van der Waals surface area contributed by atoms with Crippen LogP contribution in [0, 0.1) is 17.6 Å². The standard InChI is InChI=1S/C19H21F2NO/c1-12(2)13(3)22-19(23)16-7-4-14(5-8-16)10-15-6-9-17(20)18(21)11-15/h4-9,11-13H,10H2,1-3H3,(H,22,23). The zero-order valence-electron chi connectivity index (χ0n) is 13.6. The van der Waals surface area contributed by atoms with Gasteiger partial charge < -0.3 is 5.32 Å². The molecule has 0 saturated heterocycles. The summed E-state index contributed by atoms with van der Waals surface area (Å²) in [4.78, 5) is 12.1. The van der Waals surface area contributed by atoms with Crippen LogP contribution in [-0.2, 0) is 6.42 Å². The molecule has 0 aliphatic rings. The highest BCUT2D eigenvalue weighted by atomic mass is 19.2. The summed E-state index contributed by atoms with van der Waals surface area (Å²) in [5, 5.41) is 2.95. The van der Waals surface area contributed by atoms with Crippen molar-refractivity contribution in [2.45, 2.75) is 33.2 Å². The first kappa shape index (κ1) is 17.1. The normalized spacial score (nSPS) is 12.3. The zero-order chi connectivity index (χ0) is 17.0. The van der Waals surface area contributed by atoms with E-state index in [0.29, 0.717) is 23.5 Å². The highest BCUT2D eigenvalue weighted by molar-refractivity contribution is 5.94. The van der Waals surface area contributed by atoms with Crippen LogP contribution in [0.4, 0.5) is 8.78 Å². The largest absolute Gasteiger partial charge is 0.349 e. The minimum absolute atomic E-state index is 0.101. The van der Waals surface area contributed by atoms with Gasteiger partial charge in [0, 0.05) is 11.6 Å². The zero-order valence-corrected chi connectivity index (χ0v) is 13.6. The van der Waals surface area contributed by atoms with Gasteiger partial charge in [-0.2, -0.15) is 0 Å². The third-order valence-corrected chi connectivity index (χ3v) is 3.97. The second-order valence-electron chi connectivity index (χ2n) is 6.13. The van der Waals surface area contributed by atoms with E-state index in [0.717, 1.165) is 11.6 Å². The van der Waals surface area contributed by atoms with E-state index >= 15 is 0 Å². The predicted molar refractivity (Wildman–Crippen MR) is 87.4 cm³/mol. The number of benzene rings is 2. The molecule has 2 aromatic rings. The number of hydrogen-bond acceptors (Lipinski definition) is 1. The molecule has 0 aromatic heterocycles. The van der Waals surface area contributed by atoms with Gasteiger partial charge in [0.1, 0.15) is 0 Å². The summed E-state index contributed by atoms with van der Waals surface area (Å²) in [6.07, 6.45) is 0.488. The number of hydrogen-bond donors (Lipinski definition) is 1. The fourth-order valence-corrected chi connectivity index (χ4v) is 2.12. The van der Waals surface area contributed by atoms with Crippen LogP contribution in [0.25, 0.3) is 0 Å². The van der Waals surface area contributed by atoms with Gasteiger partial charge in [0.15, 0.2) is 11.6 Å². The van der Waals surface area contributed by atoms with Crippen molar-refractivity contribution >= 4 is 5.91 Å². The van der Waals surface area contributed by atoms with Crippen LogP contribution in [0.3, 0.4) is 0 Å². The SMILES string of the molecule is CC(C)C(C)NC(=O)c1ccc(Cc2ccc(F)c(F)c2)cc1. The van der Waals surface area contributed by atoms with Gasteiger partial charge >= 0.3 is 0 Å². The second kappa shape index (κ2) is 7.36. The molecule has 0 fully saturated rings. The van der Waals surface area contributed by atoms with E-state index in [1.807, 2.05) is 19.1 Å². The van der Waals surface area contributed by atoms with Crippen molar-refractivity contribution in [3.8, 4) is 0 Å². The molecule has 1 N–H and O–H groups in total. The summed E-state index contributed by atoms with van der Waals surface area (Å²) in [6, 6.07) is 11.1. The minimum Gasteiger partial charge on any atom is -0.349 e. The van der Waals surface area contributed by atoms with Crippen LogP contribution in [0.5, 0.6) is 0 Å². The molecular weight excluding hydrogens is 296 g/mol. The molecule has 0 aliphatic heterocycles. The summed E-state index contributed by atoms with van der Waals surface area (Å²) in [7, 11) is 0. The Labute approximate surface area is 135 Å². The van der Waals surface area contributed by atoms with Gasteiger partial charge in [-0.1, -0.05) is 32.0 Å². The summed E-state index contributed by atoms with van der Waals surface area (Å²) >= 11 is 0. The van der Waals surface area contributed by atoms with Crippen LogP contribution < -0.4 is 5.32 Å². The molecule has 0 aliphatic carbocycles. The van der Waals surface area contributed by atoms with Crippen molar-refractivity contribution in [2.24, 2.45) is 5.92 Å². The molecule has 0 bridgehead atoms. The molecule has 1 amide bonds. The number of halogens is 2. The first-order valence-corrected chi connectivity index (χ1v) is 7.70. The molecular formula is C19H21F2NO. The molecule has 23 heavy (non-hydrogen) atoms. The summed E-state index contributed by atoms with van der Waals surface area (Å²) in [5.41, 5.74) is 2.21. The van der Waals surface area contributed by atoms with Crippen LogP contribution in [0.1, 0.15) is 42.3 Å². The van der Waals surface area contributed by atoms with Gasteiger partial charge in [-0.25, -0.2) is 8.78 Å². The summed E-state index contributed by atoms with van der Waals surface area (Å²) in [5.74, 6) is -1.43. The van der Waals surface area contributed by atoms with Crippen molar-refractivity contribution in [3.63, 3.8) is 0 Å². The monoisotopic (exact) mass is 317 g/mol. The molecule has 2 nitrogen and oxygen atoms in total. The Morgan fingerprint density at radius 3 is 2.13 bits per heavy atom. The summed E-state index contributed by atoms with van der Waals surface area (Å²) < 4.78 is 26.1. The van der Waals surface area contributed by atoms with Gasteiger partial charge in [0.05, 0.1) is 0 Å². The van der Waals surface area contributed by atoms with Crippen LogP contribution >= 0.6 is 0 Å². The summed E-state index contributed by atoms with van der Waals surface area (Å²) in [6.45, 7) is 6.08. The Bertz CT molecular complexity index is 680. The molecule has 0 heterocycles. The fourth-order valence-electron chi connectivity index (χ4n) is 2.12. The highest BCUT2D eigenvalue weighted by Gasteiger charge is 2.12. The van der Waals surface area contributed by atoms with Gasteiger partial charge in [0.2, 0.25) is 0 Å². The first-order valence-electron chi connectivity index (χ1n) is 7.70. The quantitative estimate of drug-likeness (QED) is 0.874. The second-order valence-corrected chi connectivity index (χ2v) is 6.13. The Balaban J connectivity index is 2.04.